The van der Waals surface area contributed by atoms with E-state index in [9.17, 15) is 13.8 Å². The van der Waals surface area contributed by atoms with Crippen LogP contribution in [0.5, 0.6) is 0 Å². The van der Waals surface area contributed by atoms with Crippen LogP contribution in [0.3, 0.4) is 0 Å². The van der Waals surface area contributed by atoms with Crippen molar-refractivity contribution in [1.82, 2.24) is 5.32 Å². The molecule has 152 valence electrons. The van der Waals surface area contributed by atoms with Crippen molar-refractivity contribution in [2.24, 2.45) is 17.8 Å². The van der Waals surface area contributed by atoms with Gasteiger partial charge in [0.05, 0.1) is 0 Å². The Hall–Kier alpha value is -1.69. The monoisotopic (exact) mass is 402 g/mol. The number of hydrogen-bond donors (Lipinski definition) is 2. The van der Waals surface area contributed by atoms with E-state index in [4.69, 9.17) is 0 Å². The number of nitrogens with one attached hydrogen (secondary N) is 2. The van der Waals surface area contributed by atoms with Crippen LogP contribution < -0.4 is 10.6 Å². The Labute approximate surface area is 169 Å². The first-order valence-electron chi connectivity index (χ1n) is 10.3. The van der Waals surface area contributed by atoms with Crippen molar-refractivity contribution in [2.45, 2.75) is 57.9 Å². The van der Waals surface area contributed by atoms with Crippen LogP contribution in [0, 0.1) is 31.6 Å². The van der Waals surface area contributed by atoms with Gasteiger partial charge in [0.1, 0.15) is 11.5 Å². The minimum absolute atomic E-state index is 0.0725. The molecule has 1 aromatic rings. The molecule has 0 unspecified atom stereocenters. The maximum atomic E-state index is 12.5. The smallest absolute Gasteiger partial charge is 0.237 e. The summed E-state index contributed by atoms with van der Waals surface area (Å²) in [6.45, 7) is 3.93. The van der Waals surface area contributed by atoms with Crippen LogP contribution in [0.2, 0.25) is 0 Å². The first kappa shape index (κ1) is 19.6. The fourth-order valence-electron chi connectivity index (χ4n) is 6.01. The molecule has 4 fully saturated rings. The van der Waals surface area contributed by atoms with E-state index >= 15 is 0 Å². The highest BCUT2D eigenvalue weighted by atomic mass is 32.2. The van der Waals surface area contributed by atoms with Gasteiger partial charge in [0.25, 0.3) is 0 Å². The molecular weight excluding hydrogens is 372 g/mol. The molecule has 4 bridgehead atoms. The summed E-state index contributed by atoms with van der Waals surface area (Å²) in [7, 11) is -1.50. The van der Waals surface area contributed by atoms with E-state index in [1.54, 1.807) is 0 Å². The topological polar surface area (TPSA) is 75.3 Å². The molecule has 2 N–H and O–H groups in total. The largest absolute Gasteiger partial charge is 0.350 e. The number of anilines is 1. The van der Waals surface area contributed by atoms with Gasteiger partial charge in [-0.05, 0) is 87.3 Å². The number of carbonyl (C=O) groups is 2. The summed E-state index contributed by atoms with van der Waals surface area (Å²) in [5, 5.41) is 6.05. The lowest BCUT2D eigenvalue weighted by atomic mass is 9.53. The van der Waals surface area contributed by atoms with Crippen LogP contribution in [0.25, 0.3) is 0 Å². The average Bonchev–Trinajstić information content (AvgIpc) is 2.56. The Morgan fingerprint density at radius 3 is 2.18 bits per heavy atom. The number of hydrogen-bond acceptors (Lipinski definition) is 3. The first-order valence-corrected chi connectivity index (χ1v) is 11.8. The predicted molar refractivity (Wildman–Crippen MR) is 111 cm³/mol. The third-order valence-electron chi connectivity index (χ3n) is 6.91. The molecule has 4 aliphatic rings. The van der Waals surface area contributed by atoms with E-state index in [-0.39, 0.29) is 28.9 Å². The zero-order valence-corrected chi connectivity index (χ0v) is 17.6. The van der Waals surface area contributed by atoms with E-state index in [1.165, 1.54) is 19.3 Å². The maximum Gasteiger partial charge on any atom is 0.237 e. The summed E-state index contributed by atoms with van der Waals surface area (Å²) >= 11 is 0. The molecule has 6 heteroatoms. The molecular formula is C22H30N2O3S. The van der Waals surface area contributed by atoms with Crippen molar-refractivity contribution in [2.75, 3.05) is 16.8 Å². The highest BCUT2D eigenvalue weighted by Crippen LogP contribution is 2.55. The van der Waals surface area contributed by atoms with Crippen molar-refractivity contribution in [3.63, 3.8) is 0 Å². The molecule has 28 heavy (non-hydrogen) atoms. The van der Waals surface area contributed by atoms with Crippen LogP contribution >= 0.6 is 0 Å². The van der Waals surface area contributed by atoms with Crippen LogP contribution in [0.4, 0.5) is 5.69 Å². The summed E-state index contributed by atoms with van der Waals surface area (Å²) in [5.74, 6) is 1.53. The Balaban J connectivity index is 1.28. The van der Waals surface area contributed by atoms with E-state index < -0.39 is 10.8 Å². The van der Waals surface area contributed by atoms with E-state index in [2.05, 4.69) is 10.6 Å². The van der Waals surface area contributed by atoms with Crippen molar-refractivity contribution in [3.8, 4) is 0 Å². The van der Waals surface area contributed by atoms with Gasteiger partial charge >= 0.3 is 0 Å². The van der Waals surface area contributed by atoms with Crippen LogP contribution in [0.15, 0.2) is 18.2 Å². The second-order valence-electron chi connectivity index (χ2n) is 9.27. The van der Waals surface area contributed by atoms with Gasteiger partial charge < -0.3 is 10.6 Å². The molecule has 0 aliphatic heterocycles. The van der Waals surface area contributed by atoms with Gasteiger partial charge in [-0.25, -0.2) is 0 Å². The normalized spacial score (nSPS) is 31.4. The Morgan fingerprint density at radius 2 is 1.57 bits per heavy atom. The van der Waals surface area contributed by atoms with E-state index in [0.29, 0.717) is 0 Å². The standard InChI is InChI=1S/C22H30N2O3S/c1-14-4-3-5-19(15(14)2)23-20(25)12-28(27)13-21(26)24-22-9-16-6-17(10-22)8-18(7-16)11-22/h3-5,16-18H,6-13H2,1-2H3,(H,23,25)(H,24,26)/t16?,17?,18?,22?,28-/m1/s1. The molecule has 5 rings (SSSR count). The van der Waals surface area contributed by atoms with E-state index in [1.807, 2.05) is 32.0 Å². The number of aryl methyl sites for hydroxylation is 1. The zero-order chi connectivity index (χ0) is 19.9. The lowest BCUT2D eigenvalue weighted by Crippen LogP contribution is -2.60. The molecule has 1 atom stereocenters. The van der Waals surface area contributed by atoms with Gasteiger partial charge in [-0.2, -0.15) is 0 Å². The molecule has 1 aromatic carbocycles. The highest BCUT2D eigenvalue weighted by molar-refractivity contribution is 7.86. The molecule has 0 radical (unpaired) electrons. The lowest BCUT2D eigenvalue weighted by molar-refractivity contribution is -0.124. The molecule has 0 aromatic heterocycles. The van der Waals surface area contributed by atoms with Crippen molar-refractivity contribution in [1.29, 1.82) is 0 Å². The fourth-order valence-corrected chi connectivity index (χ4v) is 6.84. The van der Waals surface area contributed by atoms with Gasteiger partial charge in [-0.1, -0.05) is 12.1 Å². The molecule has 0 spiro atoms. The first-order chi connectivity index (χ1) is 13.3. The third kappa shape index (κ3) is 4.17. The van der Waals surface area contributed by atoms with Gasteiger partial charge in [0.2, 0.25) is 11.8 Å². The minimum Gasteiger partial charge on any atom is -0.350 e. The Morgan fingerprint density at radius 1 is 1.00 bits per heavy atom. The summed E-state index contributed by atoms with van der Waals surface area (Å²) in [4.78, 5) is 24.8. The quantitative estimate of drug-likeness (QED) is 0.768. The summed E-state index contributed by atoms with van der Waals surface area (Å²) < 4.78 is 12.4. The number of rotatable bonds is 6. The van der Waals surface area contributed by atoms with Crippen LogP contribution in [-0.2, 0) is 20.4 Å². The summed E-state index contributed by atoms with van der Waals surface area (Å²) in [6.07, 6.45) is 7.18. The van der Waals surface area contributed by atoms with Crippen molar-refractivity contribution < 1.29 is 13.8 Å². The van der Waals surface area contributed by atoms with Crippen LogP contribution in [0.1, 0.15) is 49.7 Å². The fraction of sp³-hybridized carbons (Fsp3) is 0.636. The predicted octanol–water partition coefficient (Wildman–Crippen LogP) is 3.08. The highest BCUT2D eigenvalue weighted by Gasteiger charge is 2.51. The summed E-state index contributed by atoms with van der Waals surface area (Å²) in [5.41, 5.74) is 2.76. The van der Waals surface area contributed by atoms with Gasteiger partial charge in [0, 0.05) is 22.0 Å². The number of benzene rings is 1. The van der Waals surface area contributed by atoms with Crippen molar-refractivity contribution >= 4 is 28.3 Å². The third-order valence-corrected chi connectivity index (χ3v) is 8.07. The van der Waals surface area contributed by atoms with Crippen LogP contribution in [-0.4, -0.2) is 33.1 Å². The maximum absolute atomic E-state index is 12.5. The molecule has 2 amide bonds. The number of carbonyl (C=O) groups excluding carboxylic acids is 2. The Bertz CT molecular complexity index is 785. The van der Waals surface area contributed by atoms with Crippen molar-refractivity contribution in [3.05, 3.63) is 29.3 Å². The van der Waals surface area contributed by atoms with Gasteiger partial charge in [-0.15, -0.1) is 0 Å². The summed E-state index contributed by atoms with van der Waals surface area (Å²) in [6, 6.07) is 5.70. The molecule has 0 heterocycles. The second-order valence-corrected chi connectivity index (χ2v) is 10.7. The van der Waals surface area contributed by atoms with Gasteiger partial charge in [0.15, 0.2) is 0 Å². The molecule has 4 aliphatic carbocycles. The molecule has 0 saturated heterocycles. The second kappa shape index (κ2) is 7.62. The lowest BCUT2D eigenvalue weighted by Gasteiger charge is -2.56. The minimum atomic E-state index is -1.50. The zero-order valence-electron chi connectivity index (χ0n) is 16.8. The van der Waals surface area contributed by atoms with E-state index in [0.717, 1.165) is 53.8 Å². The van der Waals surface area contributed by atoms with Gasteiger partial charge in [-0.3, -0.25) is 13.8 Å². The average molecular weight is 403 g/mol. The Kier molecular flexibility index (Phi) is 5.34. The SMILES string of the molecule is Cc1cccc(NC(=O)C[S@@](=O)CC(=O)NC23CC4CC(CC(C4)C2)C3)c1C. The number of amides is 2. The molecule has 4 saturated carbocycles. The molecule has 5 nitrogen and oxygen atoms in total.